The van der Waals surface area contributed by atoms with E-state index in [-0.39, 0.29) is 10.0 Å². The summed E-state index contributed by atoms with van der Waals surface area (Å²) in [7, 11) is 2.69. The molecule has 1 aromatic rings. The molecule has 0 aliphatic carbocycles. The molecule has 0 radical (unpaired) electrons. The molecule has 0 atom stereocenters. The summed E-state index contributed by atoms with van der Waals surface area (Å²) in [5.41, 5.74) is -0.0618. The van der Waals surface area contributed by atoms with Crippen molar-refractivity contribution in [2.45, 2.75) is 31.1 Å². The van der Waals surface area contributed by atoms with Crippen LogP contribution in [0.25, 0.3) is 0 Å². The third-order valence-electron chi connectivity index (χ3n) is 2.94. The molecule has 21 heavy (non-hydrogen) atoms. The highest BCUT2D eigenvalue weighted by Crippen LogP contribution is 2.30. The van der Waals surface area contributed by atoms with Crippen LogP contribution in [0.2, 0.25) is 0 Å². The van der Waals surface area contributed by atoms with Gasteiger partial charge in [-0.15, -0.1) is 0 Å². The summed E-state index contributed by atoms with van der Waals surface area (Å²) >= 11 is 3.02. The third kappa shape index (κ3) is 4.93. The fraction of sp³-hybridized carbons (Fsp3) is 0.462. The summed E-state index contributed by atoms with van der Waals surface area (Å²) in [5.74, 6) is -1.29. The van der Waals surface area contributed by atoms with Crippen molar-refractivity contribution in [3.8, 4) is 0 Å². The highest BCUT2D eigenvalue weighted by atomic mass is 79.9. The summed E-state index contributed by atoms with van der Waals surface area (Å²) in [4.78, 5) is 13.3. The summed E-state index contributed by atoms with van der Waals surface area (Å²) in [6.07, 6.45) is 2.82. The molecule has 0 saturated heterocycles. The van der Waals surface area contributed by atoms with Gasteiger partial charge in [0.05, 0.1) is 10.0 Å². The predicted octanol–water partition coefficient (Wildman–Crippen LogP) is 3.78. The lowest BCUT2D eigenvalue weighted by Gasteiger charge is -2.18. The summed E-state index contributed by atoms with van der Waals surface area (Å²) in [5, 5.41) is 0. The van der Waals surface area contributed by atoms with Gasteiger partial charge in [-0.05, 0) is 34.5 Å². The van der Waals surface area contributed by atoms with E-state index < -0.39 is 25.7 Å². The second kappa shape index (κ2) is 7.56. The molecule has 0 N–H and O–H groups in total. The Morgan fingerprint density at radius 1 is 1.38 bits per heavy atom. The van der Waals surface area contributed by atoms with Gasteiger partial charge in [0.15, 0.2) is 0 Å². The van der Waals surface area contributed by atoms with E-state index >= 15 is 0 Å². The normalized spacial score (nSPS) is 11.5. The Kier molecular flexibility index (Phi) is 6.62. The van der Waals surface area contributed by atoms with Crippen molar-refractivity contribution < 1.29 is 17.6 Å². The first-order valence-electron chi connectivity index (χ1n) is 6.37. The minimum Gasteiger partial charge on any atom is -0.342 e. The molecule has 0 fully saturated rings. The second-order valence-electron chi connectivity index (χ2n) is 4.64. The lowest BCUT2D eigenvalue weighted by Crippen LogP contribution is -2.28. The van der Waals surface area contributed by atoms with Crippen molar-refractivity contribution in [1.29, 1.82) is 0 Å². The maximum atomic E-state index is 13.6. The number of carbonyl (C=O) groups is 1. The van der Waals surface area contributed by atoms with Gasteiger partial charge in [0.1, 0.15) is 10.7 Å². The van der Waals surface area contributed by atoms with Crippen molar-refractivity contribution >= 4 is 41.6 Å². The average Bonchev–Trinajstić information content (AvgIpc) is 2.39. The lowest BCUT2D eigenvalue weighted by molar-refractivity contribution is 0.0791. The quantitative estimate of drug-likeness (QED) is 0.539. The standard InChI is InChI=1S/C13H16BrClFNO3S/c1-3-4-5-6-17(2)13(18)10-7-9(16)8-11(12(10)14)21(15,19)20/h7-8H,3-6H2,1-2H3. The zero-order chi connectivity index (χ0) is 16.2. The van der Waals surface area contributed by atoms with Crippen LogP contribution < -0.4 is 0 Å². The van der Waals surface area contributed by atoms with E-state index in [9.17, 15) is 17.6 Å². The minimum atomic E-state index is -4.14. The molecular formula is C13H16BrClFNO3S. The van der Waals surface area contributed by atoms with Gasteiger partial charge in [-0.1, -0.05) is 19.8 Å². The van der Waals surface area contributed by atoms with Crippen LogP contribution in [0.5, 0.6) is 0 Å². The van der Waals surface area contributed by atoms with Crippen molar-refractivity contribution in [2.75, 3.05) is 13.6 Å². The van der Waals surface area contributed by atoms with Gasteiger partial charge in [-0.3, -0.25) is 4.79 Å². The van der Waals surface area contributed by atoms with Crippen molar-refractivity contribution in [3.05, 3.63) is 28.0 Å². The van der Waals surface area contributed by atoms with Crippen LogP contribution in [-0.4, -0.2) is 32.8 Å². The monoisotopic (exact) mass is 399 g/mol. The second-order valence-corrected chi connectivity index (χ2v) is 7.96. The molecule has 8 heteroatoms. The van der Waals surface area contributed by atoms with Gasteiger partial charge in [0.2, 0.25) is 0 Å². The van der Waals surface area contributed by atoms with Gasteiger partial charge in [0, 0.05) is 24.3 Å². The highest BCUT2D eigenvalue weighted by molar-refractivity contribution is 9.10. The molecule has 0 bridgehead atoms. The zero-order valence-electron chi connectivity index (χ0n) is 11.7. The van der Waals surface area contributed by atoms with Crippen LogP contribution >= 0.6 is 26.6 Å². The smallest absolute Gasteiger partial charge is 0.262 e. The Morgan fingerprint density at radius 3 is 2.52 bits per heavy atom. The van der Waals surface area contributed by atoms with E-state index in [1.807, 2.05) is 6.92 Å². The number of hydrogen-bond donors (Lipinski definition) is 0. The van der Waals surface area contributed by atoms with Crippen molar-refractivity contribution in [1.82, 2.24) is 4.90 Å². The Morgan fingerprint density at radius 2 is 2.00 bits per heavy atom. The number of nitrogens with zero attached hydrogens (tertiary/aromatic N) is 1. The Hall–Kier alpha value is -0.660. The zero-order valence-corrected chi connectivity index (χ0v) is 14.9. The molecule has 1 aromatic carbocycles. The van der Waals surface area contributed by atoms with Crippen molar-refractivity contribution in [2.24, 2.45) is 0 Å². The fourth-order valence-electron chi connectivity index (χ4n) is 1.80. The van der Waals surface area contributed by atoms with Gasteiger partial charge < -0.3 is 4.90 Å². The van der Waals surface area contributed by atoms with Crippen molar-refractivity contribution in [3.63, 3.8) is 0 Å². The number of unbranched alkanes of at least 4 members (excludes halogenated alkanes) is 2. The summed E-state index contributed by atoms with van der Waals surface area (Å²) < 4.78 is 36.3. The molecule has 0 saturated carbocycles. The van der Waals surface area contributed by atoms with Gasteiger partial charge in [0.25, 0.3) is 15.0 Å². The molecule has 0 aliphatic rings. The highest BCUT2D eigenvalue weighted by Gasteiger charge is 2.23. The van der Waals surface area contributed by atoms with E-state index in [0.717, 1.165) is 31.4 Å². The molecule has 0 heterocycles. The number of benzene rings is 1. The Labute approximate surface area is 136 Å². The van der Waals surface area contributed by atoms with Crippen LogP contribution in [0.1, 0.15) is 36.5 Å². The molecule has 1 rings (SSSR count). The molecule has 118 valence electrons. The molecule has 0 unspecified atom stereocenters. The first-order chi connectivity index (χ1) is 9.68. The average molecular weight is 401 g/mol. The third-order valence-corrected chi connectivity index (χ3v) is 5.40. The predicted molar refractivity (Wildman–Crippen MR) is 83.6 cm³/mol. The van der Waals surface area contributed by atoms with E-state index in [1.54, 1.807) is 7.05 Å². The molecule has 0 spiro atoms. The molecule has 4 nitrogen and oxygen atoms in total. The number of carbonyl (C=O) groups excluding carboxylic acids is 1. The maximum Gasteiger partial charge on any atom is 0.262 e. The van der Waals surface area contributed by atoms with Crippen LogP contribution in [0.15, 0.2) is 21.5 Å². The van der Waals surface area contributed by atoms with Crippen LogP contribution in [0.4, 0.5) is 4.39 Å². The Balaban J connectivity index is 3.13. The first-order valence-corrected chi connectivity index (χ1v) is 9.48. The van der Waals surface area contributed by atoms with E-state index in [1.165, 1.54) is 4.90 Å². The molecule has 0 aliphatic heterocycles. The largest absolute Gasteiger partial charge is 0.342 e. The van der Waals surface area contributed by atoms with Crippen LogP contribution in [0, 0.1) is 5.82 Å². The summed E-state index contributed by atoms with van der Waals surface area (Å²) in [6.45, 7) is 2.56. The van der Waals surface area contributed by atoms with E-state index in [0.29, 0.717) is 6.54 Å². The molecule has 0 aromatic heterocycles. The Bertz CT molecular complexity index is 637. The molecular weight excluding hydrogens is 385 g/mol. The molecule has 1 amide bonds. The lowest BCUT2D eigenvalue weighted by atomic mass is 10.2. The van der Waals surface area contributed by atoms with Gasteiger partial charge in [-0.2, -0.15) is 0 Å². The van der Waals surface area contributed by atoms with E-state index in [4.69, 9.17) is 10.7 Å². The minimum absolute atomic E-state index is 0.0220. The van der Waals surface area contributed by atoms with Crippen LogP contribution in [-0.2, 0) is 9.05 Å². The number of rotatable bonds is 6. The maximum absolute atomic E-state index is 13.6. The number of hydrogen-bond acceptors (Lipinski definition) is 3. The fourth-order valence-corrected chi connectivity index (χ4v) is 4.06. The van der Waals surface area contributed by atoms with Gasteiger partial charge in [-0.25, -0.2) is 12.8 Å². The topological polar surface area (TPSA) is 54.5 Å². The first kappa shape index (κ1) is 18.4. The number of amides is 1. The SMILES string of the molecule is CCCCCN(C)C(=O)c1cc(F)cc(S(=O)(=O)Cl)c1Br. The van der Waals surface area contributed by atoms with Gasteiger partial charge >= 0.3 is 0 Å². The van der Waals surface area contributed by atoms with E-state index in [2.05, 4.69) is 15.9 Å². The number of halogens is 3. The summed E-state index contributed by atoms with van der Waals surface area (Å²) in [6, 6.07) is 1.77. The van der Waals surface area contributed by atoms with Crippen LogP contribution in [0.3, 0.4) is 0 Å².